The predicted octanol–water partition coefficient (Wildman–Crippen LogP) is 2.39. The van der Waals surface area contributed by atoms with Gasteiger partial charge in [-0.2, -0.15) is 0 Å². The van der Waals surface area contributed by atoms with Gasteiger partial charge >= 0.3 is 0 Å². The highest BCUT2D eigenvalue weighted by molar-refractivity contribution is 6.02. The molecule has 1 saturated carbocycles. The predicted molar refractivity (Wildman–Crippen MR) is 67.3 cm³/mol. The number of hydrogen-bond donors (Lipinski definition) is 2. The Morgan fingerprint density at radius 3 is 2.72 bits per heavy atom. The summed E-state index contributed by atoms with van der Waals surface area (Å²) in [7, 11) is 0. The van der Waals surface area contributed by atoms with Crippen LogP contribution in [0.3, 0.4) is 0 Å². The average molecular weight is 243 g/mol. The van der Waals surface area contributed by atoms with Gasteiger partial charge in [-0.05, 0) is 37.1 Å². The molecule has 2 aromatic rings. The molecule has 18 heavy (non-hydrogen) atoms. The van der Waals surface area contributed by atoms with Crippen LogP contribution in [-0.4, -0.2) is 11.1 Å². The van der Waals surface area contributed by atoms with E-state index in [-0.39, 0.29) is 5.91 Å². The Morgan fingerprint density at radius 2 is 2.06 bits per heavy atom. The summed E-state index contributed by atoms with van der Waals surface area (Å²) >= 11 is 0. The first-order valence-corrected chi connectivity index (χ1v) is 5.86. The SMILES string of the molecule is Nc1ccc(NC(=O)c2cc(C3CC3)on2)cc1. The molecule has 0 radical (unpaired) electrons. The Morgan fingerprint density at radius 1 is 1.33 bits per heavy atom. The number of carbonyl (C=O) groups is 1. The van der Waals surface area contributed by atoms with E-state index in [1.54, 1.807) is 30.3 Å². The zero-order valence-electron chi connectivity index (χ0n) is 9.72. The molecule has 0 bridgehead atoms. The van der Waals surface area contributed by atoms with Gasteiger partial charge < -0.3 is 15.6 Å². The number of benzene rings is 1. The highest BCUT2D eigenvalue weighted by Crippen LogP contribution is 2.40. The lowest BCUT2D eigenvalue weighted by atomic mass is 10.2. The molecule has 1 amide bonds. The van der Waals surface area contributed by atoms with Gasteiger partial charge in [-0.1, -0.05) is 5.16 Å². The first-order chi connectivity index (χ1) is 8.72. The zero-order chi connectivity index (χ0) is 12.5. The summed E-state index contributed by atoms with van der Waals surface area (Å²) in [5, 5.41) is 6.52. The molecular weight excluding hydrogens is 230 g/mol. The van der Waals surface area contributed by atoms with E-state index in [0.29, 0.717) is 23.0 Å². The Kier molecular flexibility index (Phi) is 2.51. The van der Waals surface area contributed by atoms with Crippen LogP contribution >= 0.6 is 0 Å². The van der Waals surface area contributed by atoms with Crippen LogP contribution in [0.1, 0.15) is 35.0 Å². The second-order valence-corrected chi connectivity index (χ2v) is 4.46. The first kappa shape index (κ1) is 10.8. The fraction of sp³-hybridized carbons (Fsp3) is 0.231. The second-order valence-electron chi connectivity index (χ2n) is 4.46. The number of aromatic nitrogens is 1. The van der Waals surface area contributed by atoms with E-state index < -0.39 is 0 Å². The van der Waals surface area contributed by atoms with Crippen molar-refractivity contribution in [1.29, 1.82) is 0 Å². The summed E-state index contributed by atoms with van der Waals surface area (Å²) in [6.07, 6.45) is 2.24. The summed E-state index contributed by atoms with van der Waals surface area (Å²) in [4.78, 5) is 11.9. The van der Waals surface area contributed by atoms with Gasteiger partial charge in [0, 0.05) is 23.4 Å². The molecule has 0 aliphatic heterocycles. The summed E-state index contributed by atoms with van der Waals surface area (Å²) in [6.45, 7) is 0. The minimum absolute atomic E-state index is 0.268. The Balaban J connectivity index is 1.71. The molecule has 1 aliphatic carbocycles. The van der Waals surface area contributed by atoms with E-state index in [1.165, 1.54) is 0 Å². The van der Waals surface area contributed by atoms with Crippen molar-refractivity contribution in [3.05, 3.63) is 41.8 Å². The molecule has 5 heteroatoms. The van der Waals surface area contributed by atoms with Crippen LogP contribution in [0.5, 0.6) is 0 Å². The average Bonchev–Trinajstić information content (AvgIpc) is 3.10. The van der Waals surface area contributed by atoms with Crippen molar-refractivity contribution in [3.8, 4) is 0 Å². The monoisotopic (exact) mass is 243 g/mol. The van der Waals surface area contributed by atoms with E-state index in [9.17, 15) is 4.79 Å². The zero-order valence-corrected chi connectivity index (χ0v) is 9.72. The number of rotatable bonds is 3. The molecule has 1 aromatic heterocycles. The lowest BCUT2D eigenvalue weighted by Crippen LogP contribution is -2.12. The van der Waals surface area contributed by atoms with Gasteiger partial charge in [-0.25, -0.2) is 0 Å². The molecule has 1 heterocycles. The van der Waals surface area contributed by atoms with Crippen molar-refractivity contribution in [3.63, 3.8) is 0 Å². The van der Waals surface area contributed by atoms with Crippen LogP contribution < -0.4 is 11.1 Å². The number of anilines is 2. The summed E-state index contributed by atoms with van der Waals surface area (Å²) in [5.41, 5.74) is 7.23. The van der Waals surface area contributed by atoms with Crippen molar-refractivity contribution >= 4 is 17.3 Å². The minimum Gasteiger partial charge on any atom is -0.399 e. The summed E-state index contributed by atoms with van der Waals surface area (Å²) in [6, 6.07) is 8.66. The highest BCUT2D eigenvalue weighted by atomic mass is 16.5. The number of nitrogens with two attached hydrogens (primary N) is 1. The van der Waals surface area contributed by atoms with Gasteiger partial charge in [0.1, 0.15) is 5.76 Å². The molecule has 92 valence electrons. The lowest BCUT2D eigenvalue weighted by molar-refractivity contribution is 0.101. The van der Waals surface area contributed by atoms with Crippen molar-refractivity contribution < 1.29 is 9.32 Å². The van der Waals surface area contributed by atoms with Crippen LogP contribution in [0, 0.1) is 0 Å². The van der Waals surface area contributed by atoms with Crippen LogP contribution in [-0.2, 0) is 0 Å². The van der Waals surface area contributed by atoms with E-state index >= 15 is 0 Å². The number of hydrogen-bond acceptors (Lipinski definition) is 4. The van der Waals surface area contributed by atoms with Gasteiger partial charge in [-0.3, -0.25) is 4.79 Å². The normalized spacial score (nSPS) is 14.4. The van der Waals surface area contributed by atoms with E-state index in [0.717, 1.165) is 18.6 Å². The molecule has 1 fully saturated rings. The highest BCUT2D eigenvalue weighted by Gasteiger charge is 2.28. The molecule has 0 unspecified atom stereocenters. The molecule has 3 N–H and O–H groups in total. The third kappa shape index (κ3) is 2.20. The summed E-state index contributed by atoms with van der Waals surface area (Å²) < 4.78 is 5.14. The standard InChI is InChI=1S/C13H13N3O2/c14-9-3-5-10(6-4-9)15-13(17)11-7-12(18-16-11)8-1-2-8/h3-8H,1-2,14H2,(H,15,17). The quantitative estimate of drug-likeness (QED) is 0.811. The topological polar surface area (TPSA) is 81.1 Å². The second kappa shape index (κ2) is 4.18. The Hall–Kier alpha value is -2.30. The number of nitrogens with one attached hydrogen (secondary N) is 1. The van der Waals surface area contributed by atoms with Crippen molar-refractivity contribution in [1.82, 2.24) is 5.16 Å². The van der Waals surface area contributed by atoms with E-state index in [4.69, 9.17) is 10.3 Å². The van der Waals surface area contributed by atoms with Gasteiger partial charge in [0.2, 0.25) is 0 Å². The Bertz CT molecular complexity index is 570. The van der Waals surface area contributed by atoms with Crippen LogP contribution in [0.15, 0.2) is 34.9 Å². The fourth-order valence-electron chi connectivity index (χ4n) is 1.72. The maximum Gasteiger partial charge on any atom is 0.277 e. The molecule has 1 aliphatic rings. The van der Waals surface area contributed by atoms with E-state index in [2.05, 4.69) is 10.5 Å². The van der Waals surface area contributed by atoms with E-state index in [1.807, 2.05) is 0 Å². The number of nitrogens with zero attached hydrogens (tertiary/aromatic N) is 1. The largest absolute Gasteiger partial charge is 0.399 e. The van der Waals surface area contributed by atoms with Gasteiger partial charge in [-0.15, -0.1) is 0 Å². The third-order valence-electron chi connectivity index (χ3n) is 2.91. The molecular formula is C13H13N3O2. The molecule has 1 aromatic carbocycles. The summed E-state index contributed by atoms with van der Waals surface area (Å²) in [5.74, 6) is 0.989. The number of nitrogen functional groups attached to an aromatic ring is 1. The van der Waals surface area contributed by atoms with Gasteiger partial charge in [0.05, 0.1) is 0 Å². The molecule has 5 nitrogen and oxygen atoms in total. The van der Waals surface area contributed by atoms with Gasteiger partial charge in [0.15, 0.2) is 5.69 Å². The van der Waals surface area contributed by atoms with Crippen molar-refractivity contribution in [2.75, 3.05) is 11.1 Å². The lowest BCUT2D eigenvalue weighted by Gasteiger charge is -2.02. The maximum absolute atomic E-state index is 11.9. The van der Waals surface area contributed by atoms with Crippen LogP contribution in [0.4, 0.5) is 11.4 Å². The Labute approximate surface area is 104 Å². The van der Waals surface area contributed by atoms with Crippen LogP contribution in [0.2, 0.25) is 0 Å². The first-order valence-electron chi connectivity index (χ1n) is 5.86. The van der Waals surface area contributed by atoms with Crippen molar-refractivity contribution in [2.24, 2.45) is 0 Å². The smallest absolute Gasteiger partial charge is 0.277 e. The molecule has 0 saturated heterocycles. The third-order valence-corrected chi connectivity index (χ3v) is 2.91. The number of amides is 1. The van der Waals surface area contributed by atoms with Gasteiger partial charge in [0.25, 0.3) is 5.91 Å². The minimum atomic E-state index is -0.268. The van der Waals surface area contributed by atoms with Crippen LogP contribution in [0.25, 0.3) is 0 Å². The molecule has 0 spiro atoms. The van der Waals surface area contributed by atoms with Crippen molar-refractivity contribution in [2.45, 2.75) is 18.8 Å². The fourth-order valence-corrected chi connectivity index (χ4v) is 1.72. The maximum atomic E-state index is 11.9. The molecule has 0 atom stereocenters. The number of carbonyl (C=O) groups excluding carboxylic acids is 1. The molecule has 3 rings (SSSR count).